The van der Waals surface area contributed by atoms with Gasteiger partial charge in [0.15, 0.2) is 0 Å². The molecule has 0 aliphatic carbocycles. The molecule has 114 valence electrons. The number of carbonyl (C=O) groups is 2. The van der Waals surface area contributed by atoms with Crippen molar-refractivity contribution in [1.82, 2.24) is 15.6 Å². The first-order valence-corrected chi connectivity index (χ1v) is 6.49. The van der Waals surface area contributed by atoms with Crippen LogP contribution in [0.5, 0.6) is 0 Å². The van der Waals surface area contributed by atoms with Crippen LogP contribution in [0.15, 0.2) is 42.6 Å². The molecular formula is C15H14FN3O3. The van der Waals surface area contributed by atoms with Gasteiger partial charge in [0.05, 0.1) is 17.8 Å². The van der Waals surface area contributed by atoms with E-state index in [0.29, 0.717) is 5.69 Å². The summed E-state index contributed by atoms with van der Waals surface area (Å²) in [4.78, 5) is 26.4. The molecule has 7 heteroatoms. The number of carboxylic acids is 1. The summed E-state index contributed by atoms with van der Waals surface area (Å²) in [5.74, 6) is -1.39. The average molecular weight is 303 g/mol. The van der Waals surface area contributed by atoms with Gasteiger partial charge >= 0.3 is 12.0 Å². The molecule has 1 aromatic heterocycles. The van der Waals surface area contributed by atoms with Crippen molar-refractivity contribution in [3.63, 3.8) is 0 Å². The Morgan fingerprint density at radius 2 is 1.77 bits per heavy atom. The van der Waals surface area contributed by atoms with Crippen LogP contribution in [-0.2, 0) is 13.1 Å². The fourth-order valence-electron chi connectivity index (χ4n) is 1.73. The Morgan fingerprint density at radius 1 is 1.09 bits per heavy atom. The third-order valence-electron chi connectivity index (χ3n) is 2.86. The van der Waals surface area contributed by atoms with E-state index in [1.807, 2.05) is 0 Å². The Balaban J connectivity index is 1.81. The van der Waals surface area contributed by atoms with E-state index in [0.717, 1.165) is 5.56 Å². The first-order valence-electron chi connectivity index (χ1n) is 6.49. The highest BCUT2D eigenvalue weighted by Crippen LogP contribution is 2.03. The highest BCUT2D eigenvalue weighted by Gasteiger charge is 2.06. The summed E-state index contributed by atoms with van der Waals surface area (Å²) in [6, 6.07) is 8.13. The predicted octanol–water partition coefficient (Wildman–Crippen LogP) is 1.92. The number of aromatic nitrogens is 1. The molecule has 2 aromatic rings. The Morgan fingerprint density at radius 3 is 2.45 bits per heavy atom. The molecule has 0 saturated carbocycles. The first kappa shape index (κ1) is 15.4. The van der Waals surface area contributed by atoms with Crippen LogP contribution in [0.4, 0.5) is 9.18 Å². The number of carboxylic acid groups (broad SMARTS) is 1. The van der Waals surface area contributed by atoms with E-state index in [2.05, 4.69) is 15.6 Å². The number of urea groups is 1. The van der Waals surface area contributed by atoms with Crippen molar-refractivity contribution < 1.29 is 19.1 Å². The van der Waals surface area contributed by atoms with Gasteiger partial charge in [0.25, 0.3) is 0 Å². The molecule has 0 fully saturated rings. The zero-order valence-electron chi connectivity index (χ0n) is 11.5. The quantitative estimate of drug-likeness (QED) is 0.787. The van der Waals surface area contributed by atoms with Crippen molar-refractivity contribution in [3.05, 3.63) is 65.2 Å². The normalized spacial score (nSPS) is 10.0. The maximum atomic E-state index is 12.7. The number of hydrogen-bond acceptors (Lipinski definition) is 3. The van der Waals surface area contributed by atoms with Gasteiger partial charge < -0.3 is 15.7 Å². The van der Waals surface area contributed by atoms with E-state index in [1.54, 1.807) is 12.1 Å². The monoisotopic (exact) mass is 303 g/mol. The lowest BCUT2D eigenvalue weighted by atomic mass is 10.2. The number of rotatable bonds is 5. The van der Waals surface area contributed by atoms with Crippen LogP contribution in [0.3, 0.4) is 0 Å². The van der Waals surface area contributed by atoms with E-state index < -0.39 is 12.0 Å². The third-order valence-corrected chi connectivity index (χ3v) is 2.86. The lowest BCUT2D eigenvalue weighted by Gasteiger charge is -2.08. The lowest BCUT2D eigenvalue weighted by Crippen LogP contribution is -2.34. The van der Waals surface area contributed by atoms with Crippen molar-refractivity contribution in [2.45, 2.75) is 13.1 Å². The van der Waals surface area contributed by atoms with Crippen LogP contribution in [0.25, 0.3) is 0 Å². The highest BCUT2D eigenvalue weighted by atomic mass is 19.1. The van der Waals surface area contributed by atoms with Crippen molar-refractivity contribution >= 4 is 12.0 Å². The van der Waals surface area contributed by atoms with Crippen molar-refractivity contribution in [1.29, 1.82) is 0 Å². The Labute approximate surface area is 126 Å². The summed E-state index contributed by atoms with van der Waals surface area (Å²) in [6.07, 6.45) is 1.37. The number of halogens is 1. The second-order valence-electron chi connectivity index (χ2n) is 4.50. The van der Waals surface area contributed by atoms with Crippen LogP contribution in [-0.4, -0.2) is 22.1 Å². The molecule has 0 spiro atoms. The summed E-state index contributed by atoms with van der Waals surface area (Å²) in [5, 5.41) is 14.0. The number of hydrogen-bond donors (Lipinski definition) is 3. The third kappa shape index (κ3) is 4.55. The molecule has 0 aliphatic rings. The molecule has 6 nitrogen and oxygen atoms in total. The minimum atomic E-state index is -1.05. The van der Waals surface area contributed by atoms with E-state index >= 15 is 0 Å². The molecule has 0 saturated heterocycles. The molecular weight excluding hydrogens is 289 g/mol. The minimum Gasteiger partial charge on any atom is -0.478 e. The molecule has 0 unspecified atom stereocenters. The average Bonchev–Trinajstić information content (AvgIpc) is 2.52. The topological polar surface area (TPSA) is 91.3 Å². The summed E-state index contributed by atoms with van der Waals surface area (Å²) in [6.45, 7) is 0.366. The summed E-state index contributed by atoms with van der Waals surface area (Å²) in [7, 11) is 0. The number of carbonyl (C=O) groups excluding carboxylic acids is 1. The van der Waals surface area contributed by atoms with Gasteiger partial charge in [-0.2, -0.15) is 0 Å². The van der Waals surface area contributed by atoms with Crippen LogP contribution >= 0.6 is 0 Å². The number of amides is 2. The fourth-order valence-corrected chi connectivity index (χ4v) is 1.73. The van der Waals surface area contributed by atoms with Crippen LogP contribution in [0.2, 0.25) is 0 Å². The highest BCUT2D eigenvalue weighted by molar-refractivity contribution is 5.87. The second kappa shape index (κ2) is 7.16. The number of benzene rings is 1. The zero-order chi connectivity index (χ0) is 15.9. The van der Waals surface area contributed by atoms with E-state index in [1.165, 1.54) is 30.5 Å². The van der Waals surface area contributed by atoms with Crippen molar-refractivity contribution in [2.24, 2.45) is 0 Å². The van der Waals surface area contributed by atoms with Crippen molar-refractivity contribution in [2.75, 3.05) is 0 Å². The Bertz CT molecular complexity index is 674. The maximum Gasteiger partial charge on any atom is 0.335 e. The smallest absolute Gasteiger partial charge is 0.335 e. The largest absolute Gasteiger partial charge is 0.478 e. The van der Waals surface area contributed by atoms with Gasteiger partial charge in [0.1, 0.15) is 5.82 Å². The molecule has 0 aliphatic heterocycles. The van der Waals surface area contributed by atoms with E-state index in [9.17, 15) is 14.0 Å². The van der Waals surface area contributed by atoms with Crippen molar-refractivity contribution in [3.8, 4) is 0 Å². The van der Waals surface area contributed by atoms with Gasteiger partial charge in [-0.15, -0.1) is 0 Å². The fraction of sp³-hybridized carbons (Fsp3) is 0.133. The Kier molecular flexibility index (Phi) is 5.02. The van der Waals surface area contributed by atoms with Gasteiger partial charge in [-0.1, -0.05) is 12.1 Å². The van der Waals surface area contributed by atoms with Gasteiger partial charge in [0, 0.05) is 12.7 Å². The summed E-state index contributed by atoms with van der Waals surface area (Å²) < 4.78 is 12.7. The summed E-state index contributed by atoms with van der Waals surface area (Å²) >= 11 is 0. The number of nitrogens with one attached hydrogen (secondary N) is 2. The van der Waals surface area contributed by atoms with Gasteiger partial charge in [-0.05, 0) is 29.8 Å². The first-order chi connectivity index (χ1) is 10.5. The Hall–Kier alpha value is -2.96. The van der Waals surface area contributed by atoms with Crippen LogP contribution in [0.1, 0.15) is 21.6 Å². The zero-order valence-corrected chi connectivity index (χ0v) is 11.5. The predicted molar refractivity (Wildman–Crippen MR) is 76.7 cm³/mol. The summed E-state index contributed by atoms with van der Waals surface area (Å²) in [5.41, 5.74) is 1.32. The van der Waals surface area contributed by atoms with E-state index in [-0.39, 0.29) is 24.5 Å². The van der Waals surface area contributed by atoms with Gasteiger partial charge in [-0.3, -0.25) is 4.98 Å². The number of nitrogens with zero attached hydrogens (tertiary/aromatic N) is 1. The van der Waals surface area contributed by atoms with Gasteiger partial charge in [0.2, 0.25) is 0 Å². The molecule has 1 aromatic carbocycles. The minimum absolute atomic E-state index is 0.108. The van der Waals surface area contributed by atoms with Gasteiger partial charge in [-0.25, -0.2) is 14.0 Å². The maximum absolute atomic E-state index is 12.7. The standard InChI is InChI=1S/C15H14FN3O3/c16-12-3-1-10(2-4-12)8-18-15(22)19-9-13-7-11(14(20)21)5-6-17-13/h1-7H,8-9H2,(H,20,21)(H2,18,19,22). The van der Waals surface area contributed by atoms with Crippen LogP contribution in [0, 0.1) is 5.82 Å². The molecule has 0 bridgehead atoms. The number of aromatic carboxylic acids is 1. The molecule has 1 heterocycles. The molecule has 3 N–H and O–H groups in total. The van der Waals surface area contributed by atoms with E-state index in [4.69, 9.17) is 5.11 Å². The van der Waals surface area contributed by atoms with Crippen LogP contribution < -0.4 is 10.6 Å². The second-order valence-corrected chi connectivity index (χ2v) is 4.50. The SMILES string of the molecule is O=C(NCc1ccc(F)cc1)NCc1cc(C(=O)O)ccn1. The molecule has 0 radical (unpaired) electrons. The molecule has 2 amide bonds. The molecule has 22 heavy (non-hydrogen) atoms. The molecule has 2 rings (SSSR count). The lowest BCUT2D eigenvalue weighted by molar-refractivity contribution is 0.0696. The number of pyridine rings is 1. The molecule has 0 atom stereocenters.